The van der Waals surface area contributed by atoms with Gasteiger partial charge in [0.05, 0.1) is 6.61 Å². The summed E-state index contributed by atoms with van der Waals surface area (Å²) in [4.78, 5) is 28.3. The molecule has 31 heavy (non-hydrogen) atoms. The number of carbonyl (C=O) groups is 2. The van der Waals surface area contributed by atoms with E-state index in [-0.39, 0.29) is 29.4 Å². The van der Waals surface area contributed by atoms with E-state index in [1.807, 2.05) is 31.2 Å². The van der Waals surface area contributed by atoms with Gasteiger partial charge in [0.1, 0.15) is 0 Å². The van der Waals surface area contributed by atoms with Gasteiger partial charge in [-0.05, 0) is 53.8 Å². The van der Waals surface area contributed by atoms with Crippen LogP contribution >= 0.6 is 0 Å². The average Bonchev–Trinajstić information content (AvgIpc) is 3.09. The summed E-state index contributed by atoms with van der Waals surface area (Å²) in [6.07, 6.45) is 1.88. The molecule has 6 nitrogen and oxygen atoms in total. The smallest absolute Gasteiger partial charge is 0.363 e. The second-order valence-corrected chi connectivity index (χ2v) is 8.13. The highest BCUT2D eigenvalue weighted by Crippen LogP contribution is 2.31. The number of hydrogen-bond donors (Lipinski definition) is 0. The van der Waals surface area contributed by atoms with Crippen molar-refractivity contribution < 1.29 is 23.8 Å². The van der Waals surface area contributed by atoms with Crippen LogP contribution in [0.25, 0.3) is 6.08 Å². The molecule has 0 aromatic heterocycles. The van der Waals surface area contributed by atoms with Crippen molar-refractivity contribution in [3.8, 4) is 11.5 Å². The summed E-state index contributed by atoms with van der Waals surface area (Å²) in [6, 6.07) is 12.9. The van der Waals surface area contributed by atoms with Crippen LogP contribution in [-0.4, -0.2) is 24.4 Å². The molecule has 0 radical (unpaired) electrons. The Bertz CT molecular complexity index is 1040. The maximum atomic E-state index is 12.3. The molecule has 2 aromatic rings. The Kier molecular flexibility index (Phi) is 6.59. The highest BCUT2D eigenvalue weighted by Gasteiger charge is 2.25. The van der Waals surface area contributed by atoms with Gasteiger partial charge >= 0.3 is 11.9 Å². The van der Waals surface area contributed by atoms with E-state index < -0.39 is 5.97 Å². The molecule has 1 aliphatic heterocycles. The second kappa shape index (κ2) is 9.16. The van der Waals surface area contributed by atoms with Crippen LogP contribution in [0.15, 0.2) is 53.2 Å². The predicted octanol–water partition coefficient (Wildman–Crippen LogP) is 5.04. The molecule has 0 saturated carbocycles. The standard InChI is InChI=1S/C25H27NO5/c1-6-22(27)30-20-13-8-16(15-21(20)29-7-2)14-19-24(28)31-23(26-19)17-9-11-18(12-10-17)25(3,4)5/h8-15H,6-7H2,1-5H3/b19-14-. The van der Waals surface area contributed by atoms with Crippen LogP contribution in [0.5, 0.6) is 11.5 Å². The van der Waals surface area contributed by atoms with Gasteiger partial charge in [0.25, 0.3) is 0 Å². The molecule has 2 aromatic carbocycles. The zero-order valence-corrected chi connectivity index (χ0v) is 18.5. The summed E-state index contributed by atoms with van der Waals surface area (Å²) in [7, 11) is 0. The summed E-state index contributed by atoms with van der Waals surface area (Å²) in [6.45, 7) is 10.4. The number of rotatable bonds is 6. The van der Waals surface area contributed by atoms with E-state index in [4.69, 9.17) is 14.2 Å². The maximum absolute atomic E-state index is 12.3. The third kappa shape index (κ3) is 5.40. The molecule has 0 amide bonds. The van der Waals surface area contributed by atoms with E-state index in [0.29, 0.717) is 23.7 Å². The van der Waals surface area contributed by atoms with Crippen molar-refractivity contribution in [1.29, 1.82) is 0 Å². The zero-order chi connectivity index (χ0) is 22.6. The monoisotopic (exact) mass is 421 g/mol. The molecule has 1 aliphatic rings. The summed E-state index contributed by atoms with van der Waals surface area (Å²) >= 11 is 0. The van der Waals surface area contributed by atoms with Gasteiger partial charge in [0.2, 0.25) is 5.90 Å². The lowest BCUT2D eigenvalue weighted by atomic mass is 9.87. The number of esters is 2. The third-order valence-corrected chi connectivity index (χ3v) is 4.70. The number of hydrogen-bond acceptors (Lipinski definition) is 6. The van der Waals surface area contributed by atoms with E-state index in [0.717, 1.165) is 5.56 Å². The van der Waals surface area contributed by atoms with Gasteiger partial charge in [0.15, 0.2) is 17.2 Å². The number of cyclic esters (lactones) is 1. The minimum Gasteiger partial charge on any atom is -0.490 e. The van der Waals surface area contributed by atoms with Crippen LogP contribution in [0.2, 0.25) is 0 Å². The van der Waals surface area contributed by atoms with Gasteiger partial charge in [0, 0.05) is 12.0 Å². The lowest BCUT2D eigenvalue weighted by Gasteiger charge is -2.18. The Morgan fingerprint density at radius 1 is 1.06 bits per heavy atom. The first-order valence-electron chi connectivity index (χ1n) is 10.3. The summed E-state index contributed by atoms with van der Waals surface area (Å²) in [5.74, 6) is 0.169. The SMILES string of the molecule is CCOc1cc(/C=C2\N=C(c3ccc(C(C)(C)C)cc3)OC2=O)ccc1OC(=O)CC. The third-order valence-electron chi connectivity index (χ3n) is 4.70. The van der Waals surface area contributed by atoms with Gasteiger partial charge in [-0.3, -0.25) is 4.79 Å². The molecule has 0 fully saturated rings. The first kappa shape index (κ1) is 22.3. The fourth-order valence-electron chi connectivity index (χ4n) is 2.97. The van der Waals surface area contributed by atoms with Crippen LogP contribution < -0.4 is 9.47 Å². The Hall–Kier alpha value is -3.41. The highest BCUT2D eigenvalue weighted by atomic mass is 16.6. The quantitative estimate of drug-likeness (QED) is 0.371. The largest absolute Gasteiger partial charge is 0.490 e. The molecular weight excluding hydrogens is 394 g/mol. The van der Waals surface area contributed by atoms with Gasteiger partial charge in [-0.2, -0.15) is 0 Å². The van der Waals surface area contributed by atoms with Crippen molar-refractivity contribution in [2.75, 3.05) is 6.61 Å². The number of benzene rings is 2. The van der Waals surface area contributed by atoms with Crippen molar-refractivity contribution >= 4 is 23.9 Å². The maximum Gasteiger partial charge on any atom is 0.363 e. The Balaban J connectivity index is 1.87. The van der Waals surface area contributed by atoms with Crippen LogP contribution in [-0.2, 0) is 19.7 Å². The average molecular weight is 421 g/mol. The summed E-state index contributed by atoms with van der Waals surface area (Å²) in [5, 5.41) is 0. The Labute approximate surface area is 182 Å². The van der Waals surface area contributed by atoms with E-state index in [2.05, 4.69) is 25.8 Å². The molecule has 6 heteroatoms. The van der Waals surface area contributed by atoms with E-state index in [1.54, 1.807) is 31.2 Å². The van der Waals surface area contributed by atoms with Gasteiger partial charge < -0.3 is 14.2 Å². The number of ether oxygens (including phenoxy) is 3. The molecule has 0 unspecified atom stereocenters. The first-order valence-corrected chi connectivity index (χ1v) is 10.3. The zero-order valence-electron chi connectivity index (χ0n) is 18.5. The second-order valence-electron chi connectivity index (χ2n) is 8.13. The molecule has 0 aliphatic carbocycles. The highest BCUT2D eigenvalue weighted by molar-refractivity contribution is 6.12. The fourth-order valence-corrected chi connectivity index (χ4v) is 2.97. The summed E-state index contributed by atoms with van der Waals surface area (Å²) < 4.78 is 16.3. The molecule has 0 spiro atoms. The van der Waals surface area contributed by atoms with Crippen molar-refractivity contribution in [3.05, 3.63) is 64.9 Å². The molecule has 0 saturated heterocycles. The van der Waals surface area contributed by atoms with Crippen molar-refractivity contribution in [1.82, 2.24) is 0 Å². The van der Waals surface area contributed by atoms with Crippen LogP contribution in [0, 0.1) is 0 Å². The van der Waals surface area contributed by atoms with Crippen LogP contribution in [0.3, 0.4) is 0 Å². The topological polar surface area (TPSA) is 74.2 Å². The Morgan fingerprint density at radius 2 is 1.77 bits per heavy atom. The predicted molar refractivity (Wildman–Crippen MR) is 119 cm³/mol. The number of aliphatic imine (C=N–C) groups is 1. The molecule has 0 atom stereocenters. The lowest BCUT2D eigenvalue weighted by Crippen LogP contribution is -2.11. The van der Waals surface area contributed by atoms with E-state index in [9.17, 15) is 9.59 Å². The lowest BCUT2D eigenvalue weighted by molar-refractivity contribution is -0.134. The van der Waals surface area contributed by atoms with Crippen LogP contribution in [0.1, 0.15) is 57.7 Å². The first-order chi connectivity index (χ1) is 14.7. The molecule has 1 heterocycles. The normalized spacial score (nSPS) is 14.9. The van der Waals surface area contributed by atoms with E-state index in [1.165, 1.54) is 5.56 Å². The number of carbonyl (C=O) groups excluding carboxylic acids is 2. The molecule has 3 rings (SSSR count). The minimum atomic E-state index is -0.519. The van der Waals surface area contributed by atoms with Crippen molar-refractivity contribution in [2.45, 2.75) is 46.5 Å². The Morgan fingerprint density at radius 3 is 2.39 bits per heavy atom. The molecular formula is C25H27NO5. The van der Waals surface area contributed by atoms with Gasteiger partial charge in [-0.25, -0.2) is 9.79 Å². The van der Waals surface area contributed by atoms with Crippen molar-refractivity contribution in [3.63, 3.8) is 0 Å². The minimum absolute atomic E-state index is 0.0354. The molecule has 0 N–H and O–H groups in total. The van der Waals surface area contributed by atoms with Crippen LogP contribution in [0.4, 0.5) is 0 Å². The molecule has 0 bridgehead atoms. The van der Waals surface area contributed by atoms with Gasteiger partial charge in [-0.15, -0.1) is 0 Å². The van der Waals surface area contributed by atoms with Crippen molar-refractivity contribution in [2.24, 2.45) is 4.99 Å². The fraction of sp³-hybridized carbons (Fsp3) is 0.320. The number of nitrogens with zero attached hydrogens (tertiary/aromatic N) is 1. The molecule has 162 valence electrons. The van der Waals surface area contributed by atoms with E-state index >= 15 is 0 Å². The van der Waals surface area contributed by atoms with Gasteiger partial charge in [-0.1, -0.05) is 45.9 Å². The summed E-state index contributed by atoms with van der Waals surface area (Å²) in [5.41, 5.74) is 2.83.